The van der Waals surface area contributed by atoms with Gasteiger partial charge in [-0.3, -0.25) is 9.48 Å². The Morgan fingerprint density at radius 1 is 1.25 bits per heavy atom. The van der Waals surface area contributed by atoms with Crippen LogP contribution in [-0.4, -0.2) is 21.4 Å². The SMILES string of the molecule is Cc1ccc(C(C)(C)C)cc1SCC(=O)Nc1c(C)nn(C)c1C. The van der Waals surface area contributed by atoms with E-state index in [4.69, 9.17) is 0 Å². The highest BCUT2D eigenvalue weighted by atomic mass is 32.2. The predicted octanol–water partition coefficient (Wildman–Crippen LogP) is 4.37. The van der Waals surface area contributed by atoms with Gasteiger partial charge < -0.3 is 5.32 Å². The van der Waals surface area contributed by atoms with Crippen LogP contribution in [0.15, 0.2) is 23.1 Å². The fourth-order valence-electron chi connectivity index (χ4n) is 2.50. The van der Waals surface area contributed by atoms with Crippen LogP contribution in [0.2, 0.25) is 0 Å². The first-order valence-corrected chi connectivity index (χ1v) is 9.12. The van der Waals surface area contributed by atoms with E-state index in [1.807, 2.05) is 20.9 Å². The first kappa shape index (κ1) is 18.6. The molecule has 0 spiro atoms. The van der Waals surface area contributed by atoms with E-state index >= 15 is 0 Å². The van der Waals surface area contributed by atoms with E-state index in [-0.39, 0.29) is 11.3 Å². The van der Waals surface area contributed by atoms with E-state index in [1.54, 1.807) is 16.4 Å². The monoisotopic (exact) mass is 345 g/mol. The van der Waals surface area contributed by atoms with Crippen molar-refractivity contribution in [2.24, 2.45) is 7.05 Å². The van der Waals surface area contributed by atoms with Gasteiger partial charge in [0, 0.05) is 11.9 Å². The number of hydrogen-bond acceptors (Lipinski definition) is 3. The zero-order chi connectivity index (χ0) is 18.1. The zero-order valence-corrected chi connectivity index (χ0v) is 16.5. The Bertz CT molecular complexity index is 757. The first-order valence-electron chi connectivity index (χ1n) is 8.13. The molecule has 0 radical (unpaired) electrons. The molecule has 24 heavy (non-hydrogen) atoms. The normalized spacial score (nSPS) is 11.6. The van der Waals surface area contributed by atoms with Crippen LogP contribution in [0.4, 0.5) is 5.69 Å². The van der Waals surface area contributed by atoms with Gasteiger partial charge in [0.05, 0.1) is 22.8 Å². The molecular weight excluding hydrogens is 318 g/mol. The van der Waals surface area contributed by atoms with Crippen molar-refractivity contribution in [3.05, 3.63) is 40.7 Å². The second kappa shape index (κ2) is 7.01. The maximum atomic E-state index is 12.3. The Labute approximate surface area is 149 Å². The largest absolute Gasteiger partial charge is 0.322 e. The number of carbonyl (C=O) groups excluding carboxylic acids is 1. The van der Waals surface area contributed by atoms with Crippen LogP contribution < -0.4 is 5.32 Å². The number of aryl methyl sites for hydroxylation is 3. The molecule has 0 atom stereocenters. The molecule has 1 aromatic heterocycles. The summed E-state index contributed by atoms with van der Waals surface area (Å²) in [6.45, 7) is 12.6. The first-order chi connectivity index (χ1) is 11.1. The molecule has 0 aliphatic rings. The van der Waals surface area contributed by atoms with Crippen molar-refractivity contribution in [3.63, 3.8) is 0 Å². The molecule has 0 unspecified atom stereocenters. The van der Waals surface area contributed by atoms with Crippen LogP contribution in [0.5, 0.6) is 0 Å². The standard InChI is InChI=1S/C19H27N3OS/c1-12-8-9-15(19(4,5)6)10-16(12)24-11-17(23)20-18-13(2)21-22(7)14(18)3/h8-10H,11H2,1-7H3,(H,20,23). The lowest BCUT2D eigenvalue weighted by atomic mass is 9.87. The van der Waals surface area contributed by atoms with Gasteiger partial charge >= 0.3 is 0 Å². The van der Waals surface area contributed by atoms with E-state index in [2.05, 4.69) is 56.3 Å². The Morgan fingerprint density at radius 3 is 2.46 bits per heavy atom. The lowest BCUT2D eigenvalue weighted by Gasteiger charge is -2.20. The van der Waals surface area contributed by atoms with Gasteiger partial charge in [-0.1, -0.05) is 32.9 Å². The van der Waals surface area contributed by atoms with Crippen molar-refractivity contribution in [1.29, 1.82) is 0 Å². The van der Waals surface area contributed by atoms with Crippen LogP contribution in [0.1, 0.15) is 43.3 Å². The van der Waals surface area contributed by atoms with E-state index in [9.17, 15) is 4.79 Å². The quantitative estimate of drug-likeness (QED) is 0.837. The van der Waals surface area contributed by atoms with Crippen LogP contribution in [0.3, 0.4) is 0 Å². The average Bonchev–Trinajstić information content (AvgIpc) is 2.71. The number of nitrogens with zero attached hydrogens (tertiary/aromatic N) is 2. The minimum atomic E-state index is -0.000221. The highest BCUT2D eigenvalue weighted by Crippen LogP contribution is 2.30. The van der Waals surface area contributed by atoms with Crippen LogP contribution in [-0.2, 0) is 17.3 Å². The second-order valence-electron chi connectivity index (χ2n) is 7.24. The number of aromatic nitrogens is 2. The van der Waals surface area contributed by atoms with Crippen LogP contribution in [0, 0.1) is 20.8 Å². The Morgan fingerprint density at radius 2 is 1.92 bits per heavy atom. The van der Waals surface area contributed by atoms with Crippen molar-refractivity contribution >= 4 is 23.4 Å². The highest BCUT2D eigenvalue weighted by Gasteiger charge is 2.16. The number of hydrogen-bond donors (Lipinski definition) is 1. The number of rotatable bonds is 4. The minimum absolute atomic E-state index is 0.000221. The molecule has 0 aliphatic heterocycles. The molecule has 0 saturated heterocycles. The lowest BCUT2D eigenvalue weighted by molar-refractivity contribution is -0.113. The Balaban J connectivity index is 2.07. The number of thioether (sulfide) groups is 1. The third-order valence-electron chi connectivity index (χ3n) is 4.19. The fraction of sp³-hybridized carbons (Fsp3) is 0.474. The second-order valence-corrected chi connectivity index (χ2v) is 8.25. The molecule has 0 aliphatic carbocycles. The van der Waals surface area contributed by atoms with Gasteiger partial charge in [-0.25, -0.2) is 0 Å². The number of nitrogens with one attached hydrogen (secondary N) is 1. The topological polar surface area (TPSA) is 46.9 Å². The molecule has 1 amide bonds. The number of carbonyl (C=O) groups is 1. The summed E-state index contributed by atoms with van der Waals surface area (Å²) in [5, 5.41) is 7.32. The molecule has 2 rings (SSSR count). The molecule has 0 fully saturated rings. The number of anilines is 1. The molecule has 5 heteroatoms. The fourth-order valence-corrected chi connectivity index (χ4v) is 3.36. The van der Waals surface area contributed by atoms with Gasteiger partial charge in [-0.2, -0.15) is 5.10 Å². The van der Waals surface area contributed by atoms with Crippen molar-refractivity contribution in [2.45, 2.75) is 51.9 Å². The van der Waals surface area contributed by atoms with Crippen molar-refractivity contribution < 1.29 is 4.79 Å². The molecule has 130 valence electrons. The van der Waals surface area contributed by atoms with E-state index in [0.29, 0.717) is 5.75 Å². The molecule has 2 aromatic rings. The molecule has 0 saturated carbocycles. The Hall–Kier alpha value is -1.75. The molecule has 1 aromatic carbocycles. The number of benzene rings is 1. The summed E-state index contributed by atoms with van der Waals surface area (Å²) in [6, 6.07) is 6.51. The smallest absolute Gasteiger partial charge is 0.234 e. The lowest BCUT2D eigenvalue weighted by Crippen LogP contribution is -2.15. The molecule has 1 N–H and O–H groups in total. The van der Waals surface area contributed by atoms with Gasteiger partial charge in [-0.05, 0) is 43.4 Å². The average molecular weight is 346 g/mol. The van der Waals surface area contributed by atoms with Crippen LogP contribution in [0.25, 0.3) is 0 Å². The highest BCUT2D eigenvalue weighted by molar-refractivity contribution is 8.00. The van der Waals surface area contributed by atoms with Crippen LogP contribution >= 0.6 is 11.8 Å². The maximum absolute atomic E-state index is 12.3. The van der Waals surface area contributed by atoms with E-state index in [1.165, 1.54) is 11.1 Å². The molecule has 1 heterocycles. The van der Waals surface area contributed by atoms with E-state index in [0.717, 1.165) is 22.0 Å². The third-order valence-corrected chi connectivity index (χ3v) is 5.34. The molecule has 0 bridgehead atoms. The summed E-state index contributed by atoms with van der Waals surface area (Å²) in [5.41, 5.74) is 5.23. The van der Waals surface area contributed by atoms with Gasteiger partial charge in [0.1, 0.15) is 0 Å². The molecular formula is C19H27N3OS. The van der Waals surface area contributed by atoms with Crippen molar-refractivity contribution in [3.8, 4) is 0 Å². The Kier molecular flexibility index (Phi) is 5.43. The number of amides is 1. The van der Waals surface area contributed by atoms with Crippen molar-refractivity contribution in [1.82, 2.24) is 9.78 Å². The summed E-state index contributed by atoms with van der Waals surface area (Å²) in [4.78, 5) is 13.5. The minimum Gasteiger partial charge on any atom is -0.322 e. The van der Waals surface area contributed by atoms with Gasteiger partial charge in [0.25, 0.3) is 0 Å². The van der Waals surface area contributed by atoms with Gasteiger partial charge in [0.2, 0.25) is 5.91 Å². The summed E-state index contributed by atoms with van der Waals surface area (Å²) in [5.74, 6) is 0.391. The summed E-state index contributed by atoms with van der Waals surface area (Å²) in [7, 11) is 1.88. The maximum Gasteiger partial charge on any atom is 0.234 e. The zero-order valence-electron chi connectivity index (χ0n) is 15.7. The summed E-state index contributed by atoms with van der Waals surface area (Å²) >= 11 is 1.58. The third kappa shape index (κ3) is 4.20. The molecule has 4 nitrogen and oxygen atoms in total. The predicted molar refractivity (Wildman–Crippen MR) is 102 cm³/mol. The summed E-state index contributed by atoms with van der Waals surface area (Å²) in [6.07, 6.45) is 0. The van der Waals surface area contributed by atoms with Crippen molar-refractivity contribution in [2.75, 3.05) is 11.1 Å². The van der Waals surface area contributed by atoms with Gasteiger partial charge in [-0.15, -0.1) is 11.8 Å². The van der Waals surface area contributed by atoms with Gasteiger partial charge in [0.15, 0.2) is 0 Å². The van der Waals surface area contributed by atoms with E-state index < -0.39 is 0 Å². The summed E-state index contributed by atoms with van der Waals surface area (Å²) < 4.78 is 1.79.